The zero-order valence-corrected chi connectivity index (χ0v) is 15.8. The summed E-state index contributed by atoms with van der Waals surface area (Å²) in [6.45, 7) is 8.29. The monoisotopic (exact) mass is 330 g/mol. The third-order valence-corrected chi connectivity index (χ3v) is 7.00. The molecule has 132 valence electrons. The maximum Gasteiger partial charge on any atom is 0.362 e. The molecule has 3 atom stereocenters. The Balaban J connectivity index is 1.60. The van der Waals surface area contributed by atoms with Gasteiger partial charge in [0.05, 0.1) is 14.1 Å². The first-order chi connectivity index (χ1) is 11.1. The van der Waals surface area contributed by atoms with Crippen molar-refractivity contribution in [1.29, 1.82) is 0 Å². The second kappa shape index (κ2) is 5.87. The Morgan fingerprint density at radius 1 is 1.21 bits per heavy atom. The topological polar surface area (TPSA) is 26.3 Å². The van der Waals surface area contributed by atoms with E-state index in [0.717, 1.165) is 13.0 Å². The summed E-state index contributed by atoms with van der Waals surface area (Å²) in [5.41, 5.74) is 1.68. The molecule has 2 fully saturated rings. The quantitative estimate of drug-likeness (QED) is 0.602. The maximum absolute atomic E-state index is 12.6. The normalized spacial score (nSPS) is 31.2. The van der Waals surface area contributed by atoms with Gasteiger partial charge in [-0.3, -0.25) is 0 Å². The van der Waals surface area contributed by atoms with Crippen molar-refractivity contribution >= 4 is 5.97 Å². The molecule has 1 aromatic rings. The minimum absolute atomic E-state index is 0.0505. The maximum atomic E-state index is 12.6. The Morgan fingerprint density at radius 2 is 1.88 bits per heavy atom. The Labute approximate surface area is 146 Å². The van der Waals surface area contributed by atoms with Gasteiger partial charge in [0.15, 0.2) is 6.54 Å². The van der Waals surface area contributed by atoms with E-state index in [0.29, 0.717) is 16.9 Å². The lowest BCUT2D eigenvalue weighted by Gasteiger charge is -2.39. The van der Waals surface area contributed by atoms with Gasteiger partial charge in [0.2, 0.25) is 0 Å². The van der Waals surface area contributed by atoms with E-state index in [1.54, 1.807) is 0 Å². The van der Waals surface area contributed by atoms with Gasteiger partial charge >= 0.3 is 5.97 Å². The van der Waals surface area contributed by atoms with Crippen molar-refractivity contribution in [2.24, 2.45) is 16.7 Å². The number of esters is 1. The van der Waals surface area contributed by atoms with E-state index in [-0.39, 0.29) is 22.9 Å². The van der Waals surface area contributed by atoms with Crippen LogP contribution in [0.1, 0.15) is 45.6 Å². The number of rotatable bonds is 5. The zero-order valence-electron chi connectivity index (χ0n) is 15.8. The predicted octanol–water partition coefficient (Wildman–Crippen LogP) is 4.02. The average Bonchev–Trinajstić information content (AvgIpc) is 2.80. The van der Waals surface area contributed by atoms with Crippen LogP contribution in [0.2, 0.25) is 0 Å². The first-order valence-electron chi connectivity index (χ1n) is 9.19. The Kier molecular flexibility index (Phi) is 4.28. The average molecular weight is 330 g/mol. The van der Waals surface area contributed by atoms with Gasteiger partial charge in [0.25, 0.3) is 0 Å². The molecule has 3 heteroatoms. The van der Waals surface area contributed by atoms with Crippen LogP contribution in [0.4, 0.5) is 0 Å². The van der Waals surface area contributed by atoms with E-state index in [1.807, 2.05) is 18.2 Å². The Morgan fingerprint density at radius 3 is 2.42 bits per heavy atom. The fourth-order valence-corrected chi connectivity index (χ4v) is 4.99. The van der Waals surface area contributed by atoms with Gasteiger partial charge in [-0.2, -0.15) is 0 Å². The molecule has 2 bridgehead atoms. The summed E-state index contributed by atoms with van der Waals surface area (Å²) in [7, 11) is 4.20. The molecule has 0 radical (unpaired) electrons. The second-order valence-electron chi connectivity index (χ2n) is 9.33. The fourth-order valence-electron chi connectivity index (χ4n) is 4.99. The number of quaternary nitrogens is 1. The van der Waals surface area contributed by atoms with E-state index < -0.39 is 0 Å². The van der Waals surface area contributed by atoms with E-state index >= 15 is 0 Å². The molecule has 0 N–H and O–H groups in total. The summed E-state index contributed by atoms with van der Waals surface area (Å²) in [4.78, 5) is 12.6. The minimum atomic E-state index is -0.0505. The lowest BCUT2D eigenvalue weighted by atomic mass is 9.70. The van der Waals surface area contributed by atoms with Crippen LogP contribution in [0.25, 0.3) is 0 Å². The molecule has 2 saturated carbocycles. The number of nitrogens with zero attached hydrogens (tertiary/aromatic N) is 1. The third kappa shape index (κ3) is 2.99. The van der Waals surface area contributed by atoms with Gasteiger partial charge in [-0.15, -0.1) is 0 Å². The van der Waals surface area contributed by atoms with Gasteiger partial charge in [-0.1, -0.05) is 51.1 Å². The molecule has 24 heavy (non-hydrogen) atoms. The van der Waals surface area contributed by atoms with E-state index in [1.165, 1.54) is 18.4 Å². The smallest absolute Gasteiger partial charge is 0.362 e. The molecule has 2 aliphatic rings. The van der Waals surface area contributed by atoms with E-state index in [9.17, 15) is 4.79 Å². The van der Waals surface area contributed by atoms with Crippen molar-refractivity contribution in [2.45, 2.75) is 52.7 Å². The number of carbonyl (C=O) groups is 1. The summed E-state index contributed by atoms with van der Waals surface area (Å²) in [5, 5.41) is 0. The number of hydrogen-bond donors (Lipinski definition) is 0. The summed E-state index contributed by atoms with van der Waals surface area (Å²) in [6, 6.07) is 10.3. The van der Waals surface area contributed by atoms with Crippen LogP contribution in [0.15, 0.2) is 30.3 Å². The van der Waals surface area contributed by atoms with Crippen molar-refractivity contribution < 1.29 is 14.0 Å². The van der Waals surface area contributed by atoms with Crippen LogP contribution in [0.3, 0.4) is 0 Å². The zero-order chi connectivity index (χ0) is 17.6. The molecule has 0 unspecified atom stereocenters. The first kappa shape index (κ1) is 17.5. The highest BCUT2D eigenvalue weighted by atomic mass is 16.5. The van der Waals surface area contributed by atoms with Crippen LogP contribution >= 0.6 is 0 Å². The summed E-state index contributed by atoms with van der Waals surface area (Å²) < 4.78 is 6.63. The second-order valence-corrected chi connectivity index (χ2v) is 9.33. The minimum Gasteiger partial charge on any atom is -0.458 e. The Hall–Kier alpha value is -1.35. The highest BCUT2D eigenvalue weighted by molar-refractivity contribution is 5.71. The molecule has 0 spiro atoms. The molecule has 3 rings (SSSR count). The molecular formula is C21H32NO2+. The molecule has 0 heterocycles. The van der Waals surface area contributed by atoms with Crippen molar-refractivity contribution in [1.82, 2.24) is 0 Å². The van der Waals surface area contributed by atoms with Gasteiger partial charge in [-0.05, 0) is 30.6 Å². The van der Waals surface area contributed by atoms with Gasteiger partial charge in [-0.25, -0.2) is 4.79 Å². The predicted molar refractivity (Wildman–Crippen MR) is 96.2 cm³/mol. The van der Waals surface area contributed by atoms with Gasteiger partial charge in [0.1, 0.15) is 12.6 Å². The number of hydrogen-bond acceptors (Lipinski definition) is 2. The number of fused-ring (bicyclic) bond motifs is 2. The molecule has 3 nitrogen and oxygen atoms in total. The fraction of sp³-hybridized carbons (Fsp3) is 0.667. The lowest BCUT2D eigenvalue weighted by Crippen LogP contribution is -2.46. The first-order valence-corrected chi connectivity index (χ1v) is 9.19. The lowest BCUT2D eigenvalue weighted by molar-refractivity contribution is -0.896. The largest absolute Gasteiger partial charge is 0.458 e. The number of carbonyl (C=O) groups excluding carboxylic acids is 1. The van der Waals surface area contributed by atoms with Crippen LogP contribution < -0.4 is 0 Å². The highest BCUT2D eigenvalue weighted by Gasteiger charge is 2.62. The van der Waals surface area contributed by atoms with Crippen molar-refractivity contribution in [3.8, 4) is 0 Å². The molecule has 0 amide bonds. The molecule has 0 saturated heterocycles. The van der Waals surface area contributed by atoms with Crippen LogP contribution in [0, 0.1) is 16.7 Å². The molecule has 0 aliphatic heterocycles. The third-order valence-electron chi connectivity index (χ3n) is 7.00. The summed E-state index contributed by atoms with van der Waals surface area (Å²) in [5.74, 6) is 0.651. The number of likely N-dealkylation sites (N-methyl/N-ethyl adjacent to an activating group) is 1. The number of benzene rings is 1. The molecular weight excluding hydrogens is 298 g/mol. The van der Waals surface area contributed by atoms with Crippen LogP contribution in [0.5, 0.6) is 0 Å². The molecule has 1 aromatic carbocycles. The molecule has 0 aromatic heterocycles. The van der Waals surface area contributed by atoms with Crippen molar-refractivity contribution in [3.05, 3.63) is 35.9 Å². The van der Waals surface area contributed by atoms with Crippen LogP contribution in [-0.4, -0.2) is 37.2 Å². The van der Waals surface area contributed by atoms with E-state index in [4.69, 9.17) is 4.74 Å². The van der Waals surface area contributed by atoms with Crippen molar-refractivity contribution in [2.75, 3.05) is 20.6 Å². The SMILES string of the molecule is CC1(C)[C@H]2CC[C@]1(C)[C@H](OC(=O)C[N+](C)(C)Cc1ccccc1)C2. The number of ether oxygens (including phenoxy) is 1. The molecule has 2 aliphatic carbocycles. The highest BCUT2D eigenvalue weighted by Crippen LogP contribution is 2.66. The van der Waals surface area contributed by atoms with Crippen LogP contribution in [-0.2, 0) is 16.1 Å². The summed E-state index contributed by atoms with van der Waals surface area (Å²) in [6.07, 6.45) is 3.61. The van der Waals surface area contributed by atoms with E-state index in [2.05, 4.69) is 47.0 Å². The summed E-state index contributed by atoms with van der Waals surface area (Å²) >= 11 is 0. The van der Waals surface area contributed by atoms with Gasteiger partial charge < -0.3 is 9.22 Å². The standard InChI is InChI=1S/C21H32NO2/c1-20(2)17-11-12-21(20,3)18(13-17)24-19(23)15-22(4,5)14-16-9-7-6-8-10-16/h6-10,17-18H,11-15H2,1-5H3/q+1/t17-,18+,21+/m0/s1. The Bertz CT molecular complexity index is 608. The van der Waals surface area contributed by atoms with Gasteiger partial charge in [0, 0.05) is 11.0 Å². The van der Waals surface area contributed by atoms with Crippen molar-refractivity contribution in [3.63, 3.8) is 0 Å².